The second-order valence-electron chi connectivity index (χ2n) is 3.02. The smallest absolute Gasteiger partial charge is 0.185 e. The largest absolute Gasteiger partial charge is 0.399 e. The van der Waals surface area contributed by atoms with E-state index in [9.17, 15) is 0 Å². The molecule has 1 atom stereocenters. The van der Waals surface area contributed by atoms with Gasteiger partial charge in [0.1, 0.15) is 0 Å². The monoisotopic (exact) mass is 155 g/mol. The molecule has 1 unspecified atom stereocenters. The van der Waals surface area contributed by atoms with Crippen LogP contribution in [0, 0.1) is 11.3 Å². The molecule has 0 amide bonds. The van der Waals surface area contributed by atoms with E-state index < -0.39 is 14.4 Å². The average molecular weight is 155 g/mol. The van der Waals surface area contributed by atoms with Crippen LogP contribution in [0.1, 0.15) is 0 Å². The van der Waals surface area contributed by atoms with Crippen molar-refractivity contribution in [2.24, 2.45) is 0 Å². The highest BCUT2D eigenvalue weighted by molar-refractivity contribution is 6.69. The zero-order valence-corrected chi connectivity index (χ0v) is 7.72. The second-order valence-corrected chi connectivity index (χ2v) is 7.48. The lowest BCUT2D eigenvalue weighted by atomic mass is 10.4. The van der Waals surface area contributed by atoms with Crippen LogP contribution >= 0.6 is 0 Å². The van der Waals surface area contributed by atoms with Crippen molar-refractivity contribution < 1.29 is 4.43 Å². The molecule has 0 saturated carbocycles. The fraction of sp³-hybridized carbons (Fsp3) is 0.571. The minimum atomic E-state index is -1.56. The minimum Gasteiger partial charge on any atom is -0.399 e. The van der Waals surface area contributed by atoms with E-state index in [0.717, 1.165) is 0 Å². The number of nitrogens with zero attached hydrogens (tertiary/aromatic N) is 1. The summed E-state index contributed by atoms with van der Waals surface area (Å²) < 4.78 is 5.40. The molecule has 0 radical (unpaired) electrons. The van der Waals surface area contributed by atoms with E-state index in [1.54, 1.807) is 0 Å². The molecule has 0 aliphatic carbocycles. The molecule has 0 aliphatic rings. The maximum Gasteiger partial charge on any atom is 0.185 e. The summed E-state index contributed by atoms with van der Waals surface area (Å²) in [6, 6.07) is 2.00. The molecule has 0 spiro atoms. The van der Waals surface area contributed by atoms with E-state index in [-0.39, 0.29) is 0 Å². The van der Waals surface area contributed by atoms with Gasteiger partial charge in [0.15, 0.2) is 14.4 Å². The number of rotatable bonds is 3. The van der Waals surface area contributed by atoms with Gasteiger partial charge in [-0.15, -0.1) is 0 Å². The molecule has 0 N–H and O–H groups in total. The Morgan fingerprint density at radius 2 is 2.10 bits per heavy atom. The highest BCUT2D eigenvalue weighted by atomic mass is 28.4. The van der Waals surface area contributed by atoms with Crippen LogP contribution in [-0.2, 0) is 4.43 Å². The Bertz CT molecular complexity index is 154. The van der Waals surface area contributed by atoms with Crippen molar-refractivity contribution in [2.75, 3.05) is 0 Å². The molecule has 0 fully saturated rings. The van der Waals surface area contributed by atoms with Gasteiger partial charge in [-0.05, 0) is 25.7 Å². The van der Waals surface area contributed by atoms with Gasteiger partial charge in [0.2, 0.25) is 0 Å². The Balaban J connectivity index is 3.90. The van der Waals surface area contributed by atoms with Gasteiger partial charge in [-0.2, -0.15) is 5.26 Å². The highest BCUT2D eigenvalue weighted by Gasteiger charge is 2.18. The van der Waals surface area contributed by atoms with Crippen LogP contribution in [0.2, 0.25) is 19.6 Å². The molecule has 3 heteroatoms. The van der Waals surface area contributed by atoms with Gasteiger partial charge >= 0.3 is 0 Å². The lowest BCUT2D eigenvalue weighted by Gasteiger charge is -2.18. The van der Waals surface area contributed by atoms with Gasteiger partial charge in [0.05, 0.1) is 6.07 Å². The van der Waals surface area contributed by atoms with Gasteiger partial charge in [-0.25, -0.2) is 0 Å². The third kappa shape index (κ3) is 4.30. The van der Waals surface area contributed by atoms with Gasteiger partial charge < -0.3 is 4.43 Å². The standard InChI is InChI=1S/C7H13NOSi/c1-5-7(6-8)9-10(2,3)4/h5,7H,1H2,2-4H3. The molecule has 0 aromatic heterocycles. The summed E-state index contributed by atoms with van der Waals surface area (Å²) in [6.45, 7) is 9.62. The summed E-state index contributed by atoms with van der Waals surface area (Å²) in [6.07, 6.45) is 1.10. The lowest BCUT2D eigenvalue weighted by molar-refractivity contribution is 0.296. The van der Waals surface area contributed by atoms with Crippen molar-refractivity contribution in [3.63, 3.8) is 0 Å². The number of nitriles is 1. The van der Waals surface area contributed by atoms with Gasteiger partial charge in [-0.3, -0.25) is 0 Å². The predicted molar refractivity (Wildman–Crippen MR) is 44.0 cm³/mol. The van der Waals surface area contributed by atoms with E-state index >= 15 is 0 Å². The first-order chi connectivity index (χ1) is 4.49. The summed E-state index contributed by atoms with van der Waals surface area (Å²) in [5.74, 6) is 0. The number of hydrogen-bond acceptors (Lipinski definition) is 2. The Hall–Kier alpha value is -0.593. The first-order valence-corrected chi connectivity index (χ1v) is 6.60. The summed E-state index contributed by atoms with van der Waals surface area (Å²) in [7, 11) is -1.56. The average Bonchev–Trinajstić information content (AvgIpc) is 1.81. The summed E-state index contributed by atoms with van der Waals surface area (Å²) >= 11 is 0. The number of hydrogen-bond donors (Lipinski definition) is 0. The molecule has 2 nitrogen and oxygen atoms in total. The summed E-state index contributed by atoms with van der Waals surface area (Å²) in [4.78, 5) is 0. The minimum absolute atomic E-state index is 0.424. The fourth-order valence-electron chi connectivity index (χ4n) is 0.508. The van der Waals surface area contributed by atoms with Crippen molar-refractivity contribution in [3.05, 3.63) is 12.7 Å². The van der Waals surface area contributed by atoms with E-state index in [1.165, 1.54) is 6.08 Å². The molecule has 0 bridgehead atoms. The maximum absolute atomic E-state index is 8.47. The van der Waals surface area contributed by atoms with Crippen LogP contribution < -0.4 is 0 Å². The van der Waals surface area contributed by atoms with Gasteiger partial charge in [0.25, 0.3) is 0 Å². The van der Waals surface area contributed by atoms with Crippen molar-refractivity contribution in [3.8, 4) is 6.07 Å². The van der Waals surface area contributed by atoms with Crippen molar-refractivity contribution in [1.82, 2.24) is 0 Å². The van der Waals surface area contributed by atoms with Crippen LogP contribution in [0.15, 0.2) is 12.7 Å². The van der Waals surface area contributed by atoms with Crippen LogP contribution in [-0.4, -0.2) is 14.4 Å². The first kappa shape index (κ1) is 9.41. The Morgan fingerprint density at radius 1 is 1.60 bits per heavy atom. The van der Waals surface area contributed by atoms with Crippen LogP contribution in [0.4, 0.5) is 0 Å². The topological polar surface area (TPSA) is 33.0 Å². The van der Waals surface area contributed by atoms with Crippen LogP contribution in [0.3, 0.4) is 0 Å². The normalized spacial score (nSPS) is 13.8. The lowest BCUT2D eigenvalue weighted by Crippen LogP contribution is -2.30. The molecular formula is C7H13NOSi. The molecular weight excluding hydrogens is 142 g/mol. The zero-order chi connectivity index (χ0) is 8.20. The first-order valence-electron chi connectivity index (χ1n) is 3.19. The van der Waals surface area contributed by atoms with E-state index in [4.69, 9.17) is 9.69 Å². The third-order valence-corrected chi connectivity index (χ3v) is 1.78. The van der Waals surface area contributed by atoms with Gasteiger partial charge in [-0.1, -0.05) is 6.58 Å². The maximum atomic E-state index is 8.47. The third-order valence-electron chi connectivity index (χ3n) is 0.822. The summed E-state index contributed by atoms with van der Waals surface area (Å²) in [5.41, 5.74) is 0. The highest BCUT2D eigenvalue weighted by Crippen LogP contribution is 2.06. The fourth-order valence-corrected chi connectivity index (χ4v) is 1.42. The molecule has 0 aliphatic heterocycles. The molecule has 0 heterocycles. The van der Waals surface area contributed by atoms with E-state index in [0.29, 0.717) is 0 Å². The van der Waals surface area contributed by atoms with E-state index in [2.05, 4.69) is 6.58 Å². The summed E-state index contributed by atoms with van der Waals surface area (Å²) in [5, 5.41) is 8.47. The zero-order valence-electron chi connectivity index (χ0n) is 6.72. The molecule has 0 rings (SSSR count). The Labute approximate surface area is 63.2 Å². The second kappa shape index (κ2) is 3.54. The molecule has 56 valence electrons. The molecule has 0 aromatic carbocycles. The SMILES string of the molecule is C=CC(C#N)O[Si](C)(C)C. The molecule has 10 heavy (non-hydrogen) atoms. The van der Waals surface area contributed by atoms with Crippen LogP contribution in [0.5, 0.6) is 0 Å². The van der Waals surface area contributed by atoms with Crippen LogP contribution in [0.25, 0.3) is 0 Å². The molecule has 0 aromatic rings. The van der Waals surface area contributed by atoms with E-state index in [1.807, 2.05) is 25.7 Å². The quantitative estimate of drug-likeness (QED) is 0.461. The van der Waals surface area contributed by atoms with Gasteiger partial charge in [0, 0.05) is 0 Å². The van der Waals surface area contributed by atoms with Crippen molar-refractivity contribution in [1.29, 1.82) is 5.26 Å². The Morgan fingerprint density at radius 3 is 2.20 bits per heavy atom. The predicted octanol–water partition coefficient (Wildman–Crippen LogP) is 1.92. The Kier molecular flexibility index (Phi) is 3.33. The molecule has 0 saturated heterocycles. The van der Waals surface area contributed by atoms with Crippen molar-refractivity contribution >= 4 is 8.32 Å². The van der Waals surface area contributed by atoms with Crippen molar-refractivity contribution in [2.45, 2.75) is 25.7 Å².